The van der Waals surface area contributed by atoms with Gasteiger partial charge in [0.15, 0.2) is 5.13 Å². The summed E-state index contributed by atoms with van der Waals surface area (Å²) in [6.07, 6.45) is 0. The number of anilines is 2. The Bertz CT molecular complexity index is 498. The van der Waals surface area contributed by atoms with Crippen LogP contribution in [0.5, 0.6) is 0 Å². The number of nitrogens with one attached hydrogen (secondary N) is 3. The summed E-state index contributed by atoms with van der Waals surface area (Å²) in [4.78, 5) is 28.1. The molecule has 0 saturated carbocycles. The second kappa shape index (κ2) is 6.56. The number of carbonyl (C=O) groups is 2. The van der Waals surface area contributed by atoms with Crippen LogP contribution in [0.3, 0.4) is 0 Å². The number of amides is 2. The van der Waals surface area contributed by atoms with Gasteiger partial charge in [0.2, 0.25) is 5.91 Å². The summed E-state index contributed by atoms with van der Waals surface area (Å²) in [5.41, 5.74) is 5.03. The van der Waals surface area contributed by atoms with Gasteiger partial charge >= 0.3 is 0 Å². The van der Waals surface area contributed by atoms with Gasteiger partial charge < -0.3 is 21.7 Å². The molecular weight excluding hydrogens is 278 g/mol. The zero-order valence-electron chi connectivity index (χ0n) is 12.2. The first-order valence-corrected chi connectivity index (χ1v) is 7.14. The van der Waals surface area contributed by atoms with Crippen LogP contribution in [0, 0.1) is 5.41 Å². The van der Waals surface area contributed by atoms with Gasteiger partial charge in [0, 0.05) is 20.1 Å². The standard InChI is InChI=1S/C12H21N5O2S/c1-5-15-11-17-8(13)7(20-11)9(18)16-6-12(2,3)10(19)14-4/h5-6,13H2,1-4H3,(H,14,19)(H,15,17)(H,16,18). The molecule has 0 spiro atoms. The maximum absolute atomic E-state index is 12.1. The first-order chi connectivity index (χ1) is 9.31. The molecule has 20 heavy (non-hydrogen) atoms. The molecular formula is C12H21N5O2S. The maximum atomic E-state index is 12.1. The number of hydrogen-bond acceptors (Lipinski definition) is 6. The maximum Gasteiger partial charge on any atom is 0.265 e. The third-order valence-corrected chi connectivity index (χ3v) is 3.75. The van der Waals surface area contributed by atoms with Crippen molar-refractivity contribution in [1.29, 1.82) is 0 Å². The molecule has 2 amide bonds. The first-order valence-electron chi connectivity index (χ1n) is 6.32. The average Bonchev–Trinajstić information content (AvgIpc) is 2.76. The van der Waals surface area contributed by atoms with Crippen molar-refractivity contribution in [2.24, 2.45) is 5.41 Å². The largest absolute Gasteiger partial charge is 0.382 e. The van der Waals surface area contributed by atoms with Crippen LogP contribution >= 0.6 is 11.3 Å². The van der Waals surface area contributed by atoms with Crippen LogP contribution in [-0.2, 0) is 4.79 Å². The minimum Gasteiger partial charge on any atom is -0.382 e. The Hall–Kier alpha value is -1.83. The van der Waals surface area contributed by atoms with Crippen molar-refractivity contribution in [2.75, 3.05) is 31.2 Å². The van der Waals surface area contributed by atoms with Crippen molar-refractivity contribution < 1.29 is 9.59 Å². The van der Waals surface area contributed by atoms with E-state index in [1.54, 1.807) is 20.9 Å². The summed E-state index contributed by atoms with van der Waals surface area (Å²) in [5, 5.41) is 8.90. The fraction of sp³-hybridized carbons (Fsp3) is 0.583. The number of nitrogens with two attached hydrogens (primary N) is 1. The molecule has 8 heteroatoms. The highest BCUT2D eigenvalue weighted by Gasteiger charge is 2.28. The summed E-state index contributed by atoms with van der Waals surface area (Å²) in [6.45, 7) is 6.37. The van der Waals surface area contributed by atoms with Crippen molar-refractivity contribution >= 4 is 34.1 Å². The van der Waals surface area contributed by atoms with Gasteiger partial charge in [-0.3, -0.25) is 9.59 Å². The van der Waals surface area contributed by atoms with Crippen LogP contribution in [0.1, 0.15) is 30.4 Å². The smallest absolute Gasteiger partial charge is 0.265 e. The highest BCUT2D eigenvalue weighted by molar-refractivity contribution is 7.18. The number of aromatic nitrogens is 1. The molecule has 0 saturated heterocycles. The lowest BCUT2D eigenvalue weighted by molar-refractivity contribution is -0.128. The molecule has 0 aromatic carbocycles. The lowest BCUT2D eigenvalue weighted by Gasteiger charge is -2.22. The van der Waals surface area contributed by atoms with Gasteiger partial charge in [-0.1, -0.05) is 11.3 Å². The van der Waals surface area contributed by atoms with E-state index in [1.807, 2.05) is 6.92 Å². The number of nitrogens with zero attached hydrogens (tertiary/aromatic N) is 1. The lowest BCUT2D eigenvalue weighted by atomic mass is 9.92. The predicted octanol–water partition coefficient (Wildman–Crippen LogP) is 0.659. The van der Waals surface area contributed by atoms with E-state index < -0.39 is 5.41 Å². The molecule has 1 heterocycles. The van der Waals surface area contributed by atoms with Crippen LogP contribution in [-0.4, -0.2) is 36.9 Å². The Morgan fingerprint density at radius 1 is 1.40 bits per heavy atom. The van der Waals surface area contributed by atoms with E-state index in [4.69, 9.17) is 5.73 Å². The predicted molar refractivity (Wildman–Crippen MR) is 80.9 cm³/mol. The van der Waals surface area contributed by atoms with Crippen molar-refractivity contribution in [2.45, 2.75) is 20.8 Å². The van der Waals surface area contributed by atoms with Gasteiger partial charge in [0.1, 0.15) is 10.7 Å². The van der Waals surface area contributed by atoms with Crippen molar-refractivity contribution in [3.05, 3.63) is 4.88 Å². The van der Waals surface area contributed by atoms with E-state index in [1.165, 1.54) is 11.3 Å². The fourth-order valence-electron chi connectivity index (χ4n) is 1.52. The van der Waals surface area contributed by atoms with Crippen molar-refractivity contribution in [1.82, 2.24) is 15.6 Å². The van der Waals surface area contributed by atoms with Crippen LogP contribution in [0.25, 0.3) is 0 Å². The Morgan fingerprint density at radius 2 is 2.05 bits per heavy atom. The molecule has 5 N–H and O–H groups in total. The van der Waals surface area contributed by atoms with E-state index >= 15 is 0 Å². The fourth-order valence-corrected chi connectivity index (χ4v) is 2.39. The number of hydrogen-bond donors (Lipinski definition) is 4. The molecule has 7 nitrogen and oxygen atoms in total. The first kappa shape index (κ1) is 16.2. The molecule has 112 valence electrons. The number of thiazole rings is 1. The lowest BCUT2D eigenvalue weighted by Crippen LogP contribution is -2.43. The molecule has 0 aliphatic rings. The molecule has 0 radical (unpaired) electrons. The molecule has 0 unspecified atom stereocenters. The molecule has 0 aliphatic heterocycles. The summed E-state index contributed by atoms with van der Waals surface area (Å²) < 4.78 is 0. The van der Waals surface area contributed by atoms with Crippen LogP contribution in [0.15, 0.2) is 0 Å². The topological polar surface area (TPSA) is 109 Å². The third kappa shape index (κ3) is 3.83. The summed E-state index contributed by atoms with van der Waals surface area (Å²) in [5.74, 6) is -0.259. The van der Waals surface area contributed by atoms with Gasteiger partial charge in [0.05, 0.1) is 5.41 Å². The van der Waals surface area contributed by atoms with E-state index in [0.29, 0.717) is 16.6 Å². The van der Waals surface area contributed by atoms with E-state index in [-0.39, 0.29) is 24.2 Å². The van der Waals surface area contributed by atoms with E-state index in [0.717, 1.165) is 0 Å². The van der Waals surface area contributed by atoms with Crippen LogP contribution in [0.2, 0.25) is 0 Å². The number of rotatable bonds is 6. The Kier molecular flexibility index (Phi) is 5.32. The summed E-state index contributed by atoms with van der Waals surface area (Å²) in [7, 11) is 1.57. The SMILES string of the molecule is CCNc1nc(N)c(C(=O)NCC(C)(C)C(=O)NC)s1. The Labute approximate surface area is 122 Å². The summed E-state index contributed by atoms with van der Waals surface area (Å²) in [6, 6.07) is 0. The van der Waals surface area contributed by atoms with Gasteiger partial charge in [0.25, 0.3) is 5.91 Å². The zero-order chi connectivity index (χ0) is 15.3. The molecule has 1 aromatic heterocycles. The van der Waals surface area contributed by atoms with Crippen molar-refractivity contribution in [3.8, 4) is 0 Å². The third-order valence-electron chi connectivity index (χ3n) is 2.72. The average molecular weight is 299 g/mol. The Morgan fingerprint density at radius 3 is 2.60 bits per heavy atom. The molecule has 0 aliphatic carbocycles. The van der Waals surface area contributed by atoms with Gasteiger partial charge in [-0.15, -0.1) is 0 Å². The Balaban J connectivity index is 2.70. The normalized spacial score (nSPS) is 11.0. The quantitative estimate of drug-likeness (QED) is 0.617. The molecule has 0 bridgehead atoms. The molecule has 0 atom stereocenters. The van der Waals surface area contributed by atoms with Gasteiger partial charge in [-0.25, -0.2) is 4.98 Å². The van der Waals surface area contributed by atoms with E-state index in [2.05, 4.69) is 20.9 Å². The highest BCUT2D eigenvalue weighted by atomic mass is 32.1. The minimum atomic E-state index is -0.686. The second-order valence-electron chi connectivity index (χ2n) is 4.91. The number of carbonyl (C=O) groups excluding carboxylic acids is 2. The monoisotopic (exact) mass is 299 g/mol. The summed E-state index contributed by atoms with van der Waals surface area (Å²) >= 11 is 1.20. The molecule has 1 rings (SSSR count). The van der Waals surface area contributed by atoms with Gasteiger partial charge in [-0.2, -0.15) is 0 Å². The molecule has 1 aromatic rings. The van der Waals surface area contributed by atoms with Crippen molar-refractivity contribution in [3.63, 3.8) is 0 Å². The molecule has 0 fully saturated rings. The van der Waals surface area contributed by atoms with Crippen LogP contribution < -0.4 is 21.7 Å². The highest BCUT2D eigenvalue weighted by Crippen LogP contribution is 2.25. The minimum absolute atomic E-state index is 0.136. The second-order valence-corrected chi connectivity index (χ2v) is 5.91. The van der Waals surface area contributed by atoms with Crippen LogP contribution in [0.4, 0.5) is 10.9 Å². The number of nitrogen functional groups attached to an aromatic ring is 1. The van der Waals surface area contributed by atoms with Gasteiger partial charge in [-0.05, 0) is 20.8 Å². The van der Waals surface area contributed by atoms with E-state index in [9.17, 15) is 9.59 Å². The zero-order valence-corrected chi connectivity index (χ0v) is 13.0.